The Kier molecular flexibility index (Phi) is 7.51. The van der Waals surface area contributed by atoms with Crippen molar-refractivity contribution in [3.05, 3.63) is 63.4 Å². The van der Waals surface area contributed by atoms with Crippen molar-refractivity contribution in [2.45, 2.75) is 87.3 Å². The number of sulfonamides is 1. The summed E-state index contributed by atoms with van der Waals surface area (Å²) in [6, 6.07) is 6.42. The molecule has 1 amide bonds. The predicted octanol–water partition coefficient (Wildman–Crippen LogP) is 6.42. The second kappa shape index (κ2) is 10.7. The zero-order valence-electron chi connectivity index (χ0n) is 22.2. The van der Waals surface area contributed by atoms with Crippen LogP contribution in [0.4, 0.5) is 17.6 Å². The fourth-order valence-electron chi connectivity index (χ4n) is 6.29. The van der Waals surface area contributed by atoms with Gasteiger partial charge in [-0.25, -0.2) is 17.5 Å². The van der Waals surface area contributed by atoms with Crippen molar-refractivity contribution in [1.29, 1.82) is 0 Å². The minimum Gasteiger partial charge on any atom is -0.493 e. The average molecular weight is 615 g/mol. The molecule has 0 spiro atoms. The first-order valence-corrected chi connectivity index (χ1v) is 15.9. The highest BCUT2D eigenvalue weighted by atomic mass is 35.5. The Labute approximate surface area is 241 Å². The molecule has 2 aromatic carbocycles. The summed E-state index contributed by atoms with van der Waals surface area (Å²) in [5.74, 6) is -1.11. The standard InChI is InChI=1S/C29H31ClF4N2O4S/c30-25-8-3-19(29(32,33)34)11-18(25)14-36-20-4-5-21(36)10-16(9-20)15-40-27-13-26(31)24(12-23(27)17-1-2-17)28(37)35-41(38,39)22-6-7-22/h3,8,11-13,16-17,20-22H,1-2,4-7,9-10,14-15H2,(H,35,37)/t16?,20-,21+. The summed E-state index contributed by atoms with van der Waals surface area (Å²) in [5.41, 5.74) is 0.161. The van der Waals surface area contributed by atoms with Gasteiger partial charge in [-0.1, -0.05) is 11.6 Å². The molecule has 4 aliphatic rings. The maximum atomic E-state index is 15.0. The number of nitrogens with one attached hydrogen (secondary N) is 1. The Hall–Kier alpha value is -2.37. The first-order valence-electron chi connectivity index (χ1n) is 14.0. The van der Waals surface area contributed by atoms with E-state index in [1.54, 1.807) is 0 Å². The Bertz CT molecular complexity index is 1450. The van der Waals surface area contributed by atoms with E-state index in [1.807, 2.05) is 4.72 Å². The zero-order valence-corrected chi connectivity index (χ0v) is 23.8. The Morgan fingerprint density at radius 1 is 1.02 bits per heavy atom. The van der Waals surface area contributed by atoms with Crippen LogP contribution in [-0.4, -0.2) is 43.2 Å². The number of fused-ring (bicyclic) bond motifs is 2. The first kappa shape index (κ1) is 28.7. The molecule has 2 saturated carbocycles. The fourth-order valence-corrected chi connectivity index (χ4v) is 7.76. The van der Waals surface area contributed by atoms with Crippen molar-refractivity contribution in [2.75, 3.05) is 6.61 Å². The van der Waals surface area contributed by atoms with Crippen molar-refractivity contribution in [2.24, 2.45) is 5.92 Å². The lowest BCUT2D eigenvalue weighted by molar-refractivity contribution is -0.137. The minimum atomic E-state index is -4.43. The molecule has 6 nitrogen and oxygen atoms in total. The summed E-state index contributed by atoms with van der Waals surface area (Å²) in [5, 5.41) is -0.275. The molecule has 2 aliphatic heterocycles. The highest BCUT2D eigenvalue weighted by molar-refractivity contribution is 7.91. The molecule has 2 saturated heterocycles. The number of amides is 1. The molecular formula is C29H31ClF4N2O4S. The number of rotatable bonds is 9. The van der Waals surface area contributed by atoms with Crippen molar-refractivity contribution in [3.8, 4) is 5.75 Å². The molecule has 0 radical (unpaired) electrons. The number of halogens is 5. The van der Waals surface area contributed by atoms with Gasteiger partial charge in [-0.3, -0.25) is 9.69 Å². The van der Waals surface area contributed by atoms with E-state index >= 15 is 4.39 Å². The quantitative estimate of drug-likeness (QED) is 0.330. The average Bonchev–Trinajstić information content (AvgIpc) is 3.80. The number of hydrogen-bond donors (Lipinski definition) is 1. The third-order valence-corrected chi connectivity index (χ3v) is 10.9. The van der Waals surface area contributed by atoms with E-state index in [0.717, 1.165) is 50.7 Å². The highest BCUT2D eigenvalue weighted by Gasteiger charge is 2.42. The molecule has 4 fully saturated rings. The van der Waals surface area contributed by atoms with Crippen molar-refractivity contribution < 1.29 is 35.5 Å². The van der Waals surface area contributed by atoms with Gasteiger partial charge in [0.2, 0.25) is 10.0 Å². The molecule has 41 heavy (non-hydrogen) atoms. The van der Waals surface area contributed by atoms with Gasteiger partial charge < -0.3 is 4.74 Å². The van der Waals surface area contributed by atoms with E-state index in [4.69, 9.17) is 16.3 Å². The van der Waals surface area contributed by atoms with Crippen molar-refractivity contribution >= 4 is 27.5 Å². The smallest absolute Gasteiger partial charge is 0.416 e. The van der Waals surface area contributed by atoms with E-state index in [2.05, 4.69) is 4.90 Å². The molecule has 12 heteroatoms. The minimum absolute atomic E-state index is 0.132. The van der Waals surface area contributed by atoms with Gasteiger partial charge in [0.05, 0.1) is 23.0 Å². The van der Waals surface area contributed by atoms with Gasteiger partial charge in [-0.15, -0.1) is 0 Å². The Balaban J connectivity index is 1.11. The molecule has 1 unspecified atom stereocenters. The number of alkyl halides is 3. The van der Waals surface area contributed by atoms with Crippen molar-refractivity contribution in [1.82, 2.24) is 9.62 Å². The van der Waals surface area contributed by atoms with Crippen LogP contribution in [0.2, 0.25) is 5.02 Å². The van der Waals surface area contributed by atoms with Crippen LogP contribution in [0.25, 0.3) is 0 Å². The molecular weight excluding hydrogens is 584 g/mol. The number of hydrogen-bond acceptors (Lipinski definition) is 5. The van der Waals surface area contributed by atoms with E-state index in [0.29, 0.717) is 47.9 Å². The Morgan fingerprint density at radius 2 is 1.71 bits per heavy atom. The van der Waals surface area contributed by atoms with E-state index in [9.17, 15) is 26.4 Å². The molecule has 0 aromatic heterocycles. The van der Waals surface area contributed by atoms with Crippen molar-refractivity contribution in [3.63, 3.8) is 0 Å². The third kappa shape index (κ3) is 6.22. The third-order valence-electron chi connectivity index (χ3n) is 8.74. The molecule has 6 rings (SSSR count). The SMILES string of the molecule is O=C(NS(=O)(=O)C1CC1)c1cc(C2CC2)c(OCC2C[C@H]3CC[C@@H](C2)N3Cc2cc(C(F)(F)F)ccc2Cl)cc1F. The van der Waals surface area contributed by atoms with E-state index < -0.39 is 38.7 Å². The van der Waals surface area contributed by atoms with Gasteiger partial charge in [0.1, 0.15) is 11.6 Å². The Morgan fingerprint density at radius 3 is 2.32 bits per heavy atom. The van der Waals surface area contributed by atoms with Gasteiger partial charge in [0.15, 0.2) is 0 Å². The number of piperidine rings is 1. The lowest BCUT2D eigenvalue weighted by Crippen LogP contribution is -2.43. The van der Waals surface area contributed by atoms with Gasteiger partial charge in [-0.2, -0.15) is 13.2 Å². The number of benzene rings is 2. The molecule has 222 valence electrons. The van der Waals surface area contributed by atoms with Gasteiger partial charge in [0, 0.05) is 29.7 Å². The lowest BCUT2D eigenvalue weighted by Gasteiger charge is -2.39. The molecule has 1 N–H and O–H groups in total. The summed E-state index contributed by atoms with van der Waals surface area (Å²) < 4.78 is 87.3. The second-order valence-electron chi connectivity index (χ2n) is 11.8. The second-order valence-corrected chi connectivity index (χ2v) is 14.2. The van der Waals surface area contributed by atoms with Crippen LogP contribution in [0.1, 0.15) is 84.3 Å². The number of carbonyl (C=O) groups is 1. The van der Waals surface area contributed by atoms with Crippen LogP contribution in [0.3, 0.4) is 0 Å². The van der Waals surface area contributed by atoms with Crippen LogP contribution >= 0.6 is 11.6 Å². The molecule has 3 atom stereocenters. The van der Waals surface area contributed by atoms with Crippen LogP contribution in [-0.2, 0) is 22.7 Å². The maximum Gasteiger partial charge on any atom is 0.416 e. The van der Waals surface area contributed by atoms with Crippen LogP contribution < -0.4 is 9.46 Å². The maximum absolute atomic E-state index is 15.0. The van der Waals surface area contributed by atoms with Gasteiger partial charge >= 0.3 is 6.18 Å². The van der Waals surface area contributed by atoms with Crippen LogP contribution in [0.15, 0.2) is 30.3 Å². The molecule has 2 heterocycles. The van der Waals surface area contributed by atoms with Gasteiger partial charge in [-0.05, 0) is 98.6 Å². The largest absolute Gasteiger partial charge is 0.493 e. The van der Waals surface area contributed by atoms with E-state index in [1.165, 1.54) is 18.2 Å². The lowest BCUT2D eigenvalue weighted by atomic mass is 9.90. The molecule has 2 aliphatic carbocycles. The topological polar surface area (TPSA) is 75.7 Å². The summed E-state index contributed by atoms with van der Waals surface area (Å²) in [4.78, 5) is 14.9. The van der Waals surface area contributed by atoms with E-state index in [-0.39, 0.29) is 29.5 Å². The zero-order chi connectivity index (χ0) is 29.1. The highest BCUT2D eigenvalue weighted by Crippen LogP contribution is 2.46. The van der Waals surface area contributed by atoms with Crippen LogP contribution in [0, 0.1) is 11.7 Å². The molecule has 2 bridgehead atoms. The number of carbonyl (C=O) groups excluding carboxylic acids is 1. The normalized spacial score (nSPS) is 24.9. The summed E-state index contributed by atoms with van der Waals surface area (Å²) >= 11 is 6.26. The summed E-state index contributed by atoms with van der Waals surface area (Å²) in [6.45, 7) is 0.703. The molecule has 2 aromatic rings. The fraction of sp³-hybridized carbons (Fsp3) is 0.552. The first-order chi connectivity index (χ1) is 19.4. The van der Waals surface area contributed by atoms with Gasteiger partial charge in [0.25, 0.3) is 5.91 Å². The summed E-state index contributed by atoms with van der Waals surface area (Å²) in [7, 11) is -3.80. The number of ether oxygens (including phenoxy) is 1. The predicted molar refractivity (Wildman–Crippen MR) is 145 cm³/mol. The number of nitrogens with zero attached hydrogens (tertiary/aromatic N) is 1. The monoisotopic (exact) mass is 614 g/mol. The van der Waals surface area contributed by atoms with Crippen LogP contribution in [0.5, 0.6) is 5.75 Å². The summed E-state index contributed by atoms with van der Waals surface area (Å²) in [6.07, 6.45) is 1.78.